The average Bonchev–Trinajstić information content (AvgIpc) is 2.94. The molecule has 24 heavy (non-hydrogen) atoms. The minimum absolute atomic E-state index is 0.00751. The molecule has 1 aromatic carbocycles. The summed E-state index contributed by atoms with van der Waals surface area (Å²) in [6, 6.07) is 10.1. The van der Waals surface area contributed by atoms with E-state index in [0.717, 1.165) is 29.4 Å². The number of allylic oxidation sites excluding steroid dienone is 1. The lowest BCUT2D eigenvalue weighted by atomic mass is 10.0. The molecule has 1 aromatic heterocycles. The first-order valence-corrected chi connectivity index (χ1v) is 9.12. The number of nitrogens with zero attached hydrogens (tertiary/aromatic N) is 3. The minimum atomic E-state index is 0.00751. The molecular weight excluding hydrogens is 320 g/mol. The first-order chi connectivity index (χ1) is 11.7. The molecule has 0 aliphatic heterocycles. The van der Waals surface area contributed by atoms with Gasteiger partial charge in [-0.1, -0.05) is 61.5 Å². The van der Waals surface area contributed by atoms with Crippen LogP contribution in [0.2, 0.25) is 0 Å². The number of carbonyl (C=O) groups is 1. The second kappa shape index (κ2) is 9.27. The van der Waals surface area contributed by atoms with E-state index in [1.54, 1.807) is 6.08 Å². The Labute approximate surface area is 147 Å². The molecule has 0 saturated heterocycles. The van der Waals surface area contributed by atoms with Crippen LogP contribution in [0.25, 0.3) is 0 Å². The van der Waals surface area contributed by atoms with Gasteiger partial charge in [0, 0.05) is 6.54 Å². The van der Waals surface area contributed by atoms with E-state index < -0.39 is 0 Å². The van der Waals surface area contributed by atoms with E-state index in [1.165, 1.54) is 11.8 Å². The zero-order chi connectivity index (χ0) is 17.4. The van der Waals surface area contributed by atoms with Crippen LogP contribution in [0.1, 0.15) is 37.2 Å². The lowest BCUT2D eigenvalue weighted by Gasteiger charge is -2.18. The number of aryl methyl sites for hydroxylation is 1. The summed E-state index contributed by atoms with van der Waals surface area (Å²) in [5.41, 5.74) is 1.14. The van der Waals surface area contributed by atoms with Gasteiger partial charge < -0.3 is 9.88 Å². The zero-order valence-corrected chi connectivity index (χ0v) is 15.1. The zero-order valence-electron chi connectivity index (χ0n) is 14.2. The van der Waals surface area contributed by atoms with Gasteiger partial charge in [-0.15, -0.1) is 16.8 Å². The van der Waals surface area contributed by atoms with Crippen LogP contribution in [-0.4, -0.2) is 26.4 Å². The smallest absolute Gasteiger partial charge is 0.230 e. The highest BCUT2D eigenvalue weighted by molar-refractivity contribution is 7.99. The second-order valence-corrected chi connectivity index (χ2v) is 6.48. The van der Waals surface area contributed by atoms with Gasteiger partial charge in [0.05, 0.1) is 11.8 Å². The normalized spacial score (nSPS) is 11.9. The van der Waals surface area contributed by atoms with Crippen molar-refractivity contribution in [2.45, 2.75) is 44.4 Å². The van der Waals surface area contributed by atoms with E-state index in [2.05, 4.69) is 41.1 Å². The molecular formula is C18H24N4OS. The highest BCUT2D eigenvalue weighted by Gasteiger charge is 2.15. The van der Waals surface area contributed by atoms with Crippen LogP contribution < -0.4 is 5.32 Å². The van der Waals surface area contributed by atoms with Crippen molar-refractivity contribution in [1.82, 2.24) is 20.1 Å². The summed E-state index contributed by atoms with van der Waals surface area (Å²) in [5, 5.41) is 12.1. The molecule has 0 aliphatic carbocycles. The molecule has 5 nitrogen and oxygen atoms in total. The number of hydrogen-bond acceptors (Lipinski definition) is 4. The van der Waals surface area contributed by atoms with Gasteiger partial charge in [0.1, 0.15) is 5.82 Å². The van der Waals surface area contributed by atoms with Crippen LogP contribution in [0.4, 0.5) is 0 Å². The van der Waals surface area contributed by atoms with Crippen molar-refractivity contribution in [2.24, 2.45) is 0 Å². The standard InChI is InChI=1S/C18H24N4OS/c1-4-9-16(15-10-7-6-8-11-15)19-17(23)13-24-18-21-20-14(3)22(18)12-5-2/h5-8,10-11,16H,2,4,9,12-13H2,1,3H3,(H,19,23). The van der Waals surface area contributed by atoms with Gasteiger partial charge in [0.15, 0.2) is 5.16 Å². The summed E-state index contributed by atoms with van der Waals surface area (Å²) in [5.74, 6) is 1.15. The van der Waals surface area contributed by atoms with Gasteiger partial charge in [-0.05, 0) is 18.9 Å². The van der Waals surface area contributed by atoms with Crippen molar-refractivity contribution in [3.63, 3.8) is 0 Å². The third-order valence-electron chi connectivity index (χ3n) is 3.66. The fourth-order valence-corrected chi connectivity index (χ4v) is 3.27. The summed E-state index contributed by atoms with van der Waals surface area (Å²) in [6.45, 7) is 8.40. The number of benzene rings is 1. The molecule has 128 valence electrons. The Morgan fingerprint density at radius 2 is 2.12 bits per heavy atom. The van der Waals surface area contributed by atoms with Crippen LogP contribution >= 0.6 is 11.8 Å². The predicted octanol–water partition coefficient (Wildman–Crippen LogP) is 3.52. The summed E-state index contributed by atoms with van der Waals surface area (Å²) in [7, 11) is 0. The van der Waals surface area contributed by atoms with Gasteiger partial charge in [-0.2, -0.15) is 0 Å². The third kappa shape index (κ3) is 4.96. The quantitative estimate of drug-likeness (QED) is 0.558. The SMILES string of the molecule is C=CCn1c(C)nnc1SCC(=O)NC(CCC)c1ccccc1. The van der Waals surface area contributed by atoms with Gasteiger partial charge in [-0.25, -0.2) is 0 Å². The lowest BCUT2D eigenvalue weighted by Crippen LogP contribution is -2.30. The van der Waals surface area contributed by atoms with Crippen molar-refractivity contribution in [2.75, 3.05) is 5.75 Å². The van der Waals surface area contributed by atoms with Crippen molar-refractivity contribution in [3.05, 3.63) is 54.4 Å². The van der Waals surface area contributed by atoms with Crippen molar-refractivity contribution in [1.29, 1.82) is 0 Å². The first-order valence-electron chi connectivity index (χ1n) is 8.13. The molecule has 6 heteroatoms. The summed E-state index contributed by atoms with van der Waals surface area (Å²) in [6.07, 6.45) is 3.74. The van der Waals surface area contributed by atoms with Crippen LogP contribution in [0.5, 0.6) is 0 Å². The molecule has 2 aromatic rings. The number of amides is 1. The van der Waals surface area contributed by atoms with Gasteiger partial charge in [0.25, 0.3) is 0 Å². The van der Waals surface area contributed by atoms with Crippen molar-refractivity contribution < 1.29 is 4.79 Å². The molecule has 0 radical (unpaired) electrons. The molecule has 2 rings (SSSR count). The number of hydrogen-bond donors (Lipinski definition) is 1. The fraction of sp³-hybridized carbons (Fsp3) is 0.389. The van der Waals surface area contributed by atoms with Crippen LogP contribution in [0.15, 0.2) is 48.1 Å². The van der Waals surface area contributed by atoms with E-state index in [9.17, 15) is 4.79 Å². The van der Waals surface area contributed by atoms with E-state index >= 15 is 0 Å². The Morgan fingerprint density at radius 3 is 2.79 bits per heavy atom. The second-order valence-electron chi connectivity index (χ2n) is 5.54. The molecule has 0 spiro atoms. The Hall–Kier alpha value is -2.08. The van der Waals surface area contributed by atoms with Gasteiger partial charge in [-0.3, -0.25) is 4.79 Å². The van der Waals surface area contributed by atoms with Crippen LogP contribution in [0.3, 0.4) is 0 Å². The summed E-state index contributed by atoms with van der Waals surface area (Å²) in [4.78, 5) is 12.3. The predicted molar refractivity (Wildman–Crippen MR) is 97.9 cm³/mol. The first kappa shape index (κ1) is 18.3. The van der Waals surface area contributed by atoms with Gasteiger partial charge in [0.2, 0.25) is 5.91 Å². The van der Waals surface area contributed by atoms with Crippen molar-refractivity contribution in [3.8, 4) is 0 Å². The number of aromatic nitrogens is 3. The highest BCUT2D eigenvalue weighted by atomic mass is 32.2. The molecule has 1 unspecified atom stereocenters. The summed E-state index contributed by atoms with van der Waals surface area (Å²) < 4.78 is 1.95. The van der Waals surface area contributed by atoms with Crippen molar-refractivity contribution >= 4 is 17.7 Å². The summed E-state index contributed by atoms with van der Waals surface area (Å²) >= 11 is 1.40. The van der Waals surface area contributed by atoms with Crippen LogP contribution in [0, 0.1) is 6.92 Å². The maximum atomic E-state index is 12.3. The Bertz CT molecular complexity index is 669. The fourth-order valence-electron chi connectivity index (χ4n) is 2.47. The van der Waals surface area contributed by atoms with Gasteiger partial charge >= 0.3 is 0 Å². The number of nitrogens with one attached hydrogen (secondary N) is 1. The average molecular weight is 344 g/mol. The molecule has 0 fully saturated rings. The monoisotopic (exact) mass is 344 g/mol. The Kier molecular flexibility index (Phi) is 7.06. The van der Waals surface area contributed by atoms with E-state index in [-0.39, 0.29) is 11.9 Å². The maximum Gasteiger partial charge on any atom is 0.230 e. The lowest BCUT2D eigenvalue weighted by molar-refractivity contribution is -0.119. The number of thioether (sulfide) groups is 1. The topological polar surface area (TPSA) is 59.8 Å². The number of carbonyl (C=O) groups excluding carboxylic acids is 1. The molecule has 1 amide bonds. The highest BCUT2D eigenvalue weighted by Crippen LogP contribution is 2.20. The number of rotatable bonds is 9. The maximum absolute atomic E-state index is 12.3. The molecule has 0 aliphatic rings. The Balaban J connectivity index is 1.95. The Morgan fingerprint density at radius 1 is 1.38 bits per heavy atom. The van der Waals surface area contributed by atoms with E-state index in [0.29, 0.717) is 12.3 Å². The molecule has 1 N–H and O–H groups in total. The van der Waals surface area contributed by atoms with Crippen LogP contribution in [-0.2, 0) is 11.3 Å². The third-order valence-corrected chi connectivity index (χ3v) is 4.63. The molecule has 0 saturated carbocycles. The van der Waals surface area contributed by atoms with E-state index in [4.69, 9.17) is 0 Å². The molecule has 1 heterocycles. The largest absolute Gasteiger partial charge is 0.349 e. The molecule has 1 atom stereocenters. The minimum Gasteiger partial charge on any atom is -0.349 e. The molecule has 0 bridgehead atoms. The van der Waals surface area contributed by atoms with E-state index in [1.807, 2.05) is 29.7 Å².